The fraction of sp³-hybridized carbons (Fsp3) is 0.610. The van der Waals surface area contributed by atoms with Gasteiger partial charge in [0.2, 0.25) is 11.4 Å². The molecule has 0 amide bonds. The molecule has 0 spiro atoms. The molecule has 2 heteroatoms. The molecule has 1 aliphatic rings. The van der Waals surface area contributed by atoms with Gasteiger partial charge in [0, 0.05) is 22.8 Å². The van der Waals surface area contributed by atoms with Gasteiger partial charge in [-0.15, -0.1) is 0 Å². The molecule has 0 unspecified atom stereocenters. The van der Waals surface area contributed by atoms with Crippen LogP contribution in [0.15, 0.2) is 35.9 Å². The van der Waals surface area contributed by atoms with E-state index < -0.39 is 0 Å². The Kier molecular flexibility index (Phi) is 14.9. The van der Waals surface area contributed by atoms with Crippen molar-refractivity contribution < 1.29 is 4.70 Å². The zero-order chi connectivity index (χ0) is 31.2. The summed E-state index contributed by atoms with van der Waals surface area (Å²) in [6.45, 7) is 16.0. The molecular weight excluding hydrogens is 520 g/mol. The summed E-state index contributed by atoms with van der Waals surface area (Å²) >= 11 is 0. The van der Waals surface area contributed by atoms with E-state index in [2.05, 4.69) is 78.8 Å². The van der Waals surface area contributed by atoms with E-state index in [-0.39, 0.29) is 0 Å². The molecule has 0 bridgehead atoms. The van der Waals surface area contributed by atoms with Gasteiger partial charge < -0.3 is 5.53 Å². The first kappa shape index (κ1) is 35.0. The van der Waals surface area contributed by atoms with Crippen LogP contribution in [0.5, 0.6) is 0 Å². The van der Waals surface area contributed by atoms with Crippen molar-refractivity contribution in [3.63, 3.8) is 0 Å². The third kappa shape index (κ3) is 9.02. The first-order valence-electron chi connectivity index (χ1n) is 18.2. The van der Waals surface area contributed by atoms with Crippen LogP contribution in [0, 0.1) is 0 Å². The molecule has 0 saturated carbocycles. The van der Waals surface area contributed by atoms with Gasteiger partial charge in [0.15, 0.2) is 0 Å². The molecule has 2 aromatic carbocycles. The molecule has 2 aromatic rings. The minimum absolute atomic E-state index is 0.958. The molecule has 1 aliphatic heterocycles. The zero-order valence-electron chi connectivity index (χ0n) is 29.0. The Bertz CT molecular complexity index is 1200. The maximum atomic E-state index is 12.1. The van der Waals surface area contributed by atoms with Crippen molar-refractivity contribution in [1.82, 2.24) is 0 Å². The van der Waals surface area contributed by atoms with Gasteiger partial charge in [0.25, 0.3) is 0 Å². The summed E-state index contributed by atoms with van der Waals surface area (Å²) in [7, 11) is 0. The fourth-order valence-electron chi connectivity index (χ4n) is 6.91. The molecule has 0 atom stereocenters. The Labute approximate surface area is 265 Å². The number of allylic oxidation sites excluding steroid dienone is 2. The van der Waals surface area contributed by atoms with Crippen molar-refractivity contribution in [2.45, 2.75) is 164 Å². The van der Waals surface area contributed by atoms with Crippen LogP contribution in [0.2, 0.25) is 0 Å². The van der Waals surface area contributed by atoms with Crippen molar-refractivity contribution >= 4 is 11.4 Å². The highest BCUT2D eigenvalue weighted by molar-refractivity contribution is 5.79. The van der Waals surface area contributed by atoms with E-state index in [1.807, 2.05) is 0 Å². The van der Waals surface area contributed by atoms with Gasteiger partial charge >= 0.3 is 0 Å². The van der Waals surface area contributed by atoms with Crippen LogP contribution >= 0.6 is 0 Å². The van der Waals surface area contributed by atoms with Gasteiger partial charge in [-0.2, -0.15) is 0 Å². The first-order valence-corrected chi connectivity index (χ1v) is 18.2. The first-order chi connectivity index (χ1) is 21.0. The summed E-state index contributed by atoms with van der Waals surface area (Å²) in [5.41, 5.74) is 26.9. The van der Waals surface area contributed by atoms with Gasteiger partial charge in [-0.1, -0.05) is 93.4 Å². The molecule has 1 heterocycles. The van der Waals surface area contributed by atoms with E-state index in [9.17, 15) is 5.53 Å². The normalized spacial score (nSPS) is 13.4. The van der Waals surface area contributed by atoms with E-state index >= 15 is 0 Å². The summed E-state index contributed by atoms with van der Waals surface area (Å²) in [5, 5.41) is 0. The molecule has 0 fully saturated rings. The van der Waals surface area contributed by atoms with Crippen molar-refractivity contribution in [3.8, 4) is 0 Å². The van der Waals surface area contributed by atoms with Gasteiger partial charge in [-0.05, 0) is 128 Å². The maximum absolute atomic E-state index is 12.1. The summed E-state index contributed by atoms with van der Waals surface area (Å²) in [4.78, 5) is 0. The second-order valence-corrected chi connectivity index (χ2v) is 12.9. The molecule has 2 nitrogen and oxygen atoms in total. The van der Waals surface area contributed by atoms with Gasteiger partial charge in [-0.25, -0.2) is 4.70 Å². The highest BCUT2D eigenvalue weighted by atomic mass is 15.2. The van der Waals surface area contributed by atoms with Crippen molar-refractivity contribution in [2.24, 2.45) is 0 Å². The SMILES string of the molecule is CCCCC1=C(c2cc(CCCC)c(CCCC)c(CCCC)c2)[N+](=[N-])C(c2cc(CCC)c(CCC)c(CCC)c2)=C1. The molecule has 236 valence electrons. The Hall–Kier alpha value is -2.48. The molecule has 0 aliphatic carbocycles. The fourth-order valence-corrected chi connectivity index (χ4v) is 6.91. The highest BCUT2D eigenvalue weighted by Gasteiger charge is 2.30. The van der Waals surface area contributed by atoms with Gasteiger partial charge in [0.1, 0.15) is 0 Å². The lowest BCUT2D eigenvalue weighted by Crippen LogP contribution is -2.09. The zero-order valence-corrected chi connectivity index (χ0v) is 29.0. The van der Waals surface area contributed by atoms with Crippen molar-refractivity contribution in [3.05, 3.63) is 86.0 Å². The minimum Gasteiger partial charge on any atom is -0.493 e. The van der Waals surface area contributed by atoms with Crippen molar-refractivity contribution in [2.75, 3.05) is 0 Å². The lowest BCUT2D eigenvalue weighted by Gasteiger charge is -2.19. The molecule has 0 N–H and O–H groups in total. The number of hydrogen-bond acceptors (Lipinski definition) is 0. The van der Waals surface area contributed by atoms with Crippen LogP contribution in [-0.4, -0.2) is 4.70 Å². The van der Waals surface area contributed by atoms with E-state index in [1.54, 1.807) is 15.8 Å². The molecule has 0 radical (unpaired) electrons. The highest BCUT2D eigenvalue weighted by Crippen LogP contribution is 2.40. The smallest absolute Gasteiger partial charge is 0.210 e. The number of rotatable bonds is 20. The summed E-state index contributed by atoms with van der Waals surface area (Å²) in [5.74, 6) is 0. The van der Waals surface area contributed by atoms with E-state index in [4.69, 9.17) is 0 Å². The Morgan fingerprint density at radius 3 is 1.37 bits per heavy atom. The minimum atomic E-state index is 0.958. The summed E-state index contributed by atoms with van der Waals surface area (Å²) < 4.78 is 1.57. The molecule has 0 aromatic heterocycles. The van der Waals surface area contributed by atoms with E-state index in [1.165, 1.54) is 90.3 Å². The van der Waals surface area contributed by atoms with Crippen LogP contribution in [0.1, 0.15) is 170 Å². The van der Waals surface area contributed by atoms with Crippen LogP contribution in [0.4, 0.5) is 0 Å². The van der Waals surface area contributed by atoms with Crippen molar-refractivity contribution in [1.29, 1.82) is 0 Å². The summed E-state index contributed by atoms with van der Waals surface area (Å²) in [6, 6.07) is 9.70. The Balaban J connectivity index is 2.18. The molecule has 0 saturated heterocycles. The van der Waals surface area contributed by atoms with Gasteiger partial charge in [-0.3, -0.25) is 0 Å². The quantitative estimate of drug-likeness (QED) is 0.139. The second kappa shape index (κ2) is 18.4. The monoisotopic (exact) mass is 582 g/mol. The third-order valence-electron chi connectivity index (χ3n) is 9.21. The van der Waals surface area contributed by atoms with Crippen LogP contribution in [0.3, 0.4) is 0 Å². The average molecular weight is 583 g/mol. The maximum Gasteiger partial charge on any atom is 0.210 e. The number of unbranched alkanes of at least 4 members (excludes halogenated alkanes) is 4. The Morgan fingerprint density at radius 1 is 0.465 bits per heavy atom. The lowest BCUT2D eigenvalue weighted by molar-refractivity contribution is -0.344. The number of nitrogens with zero attached hydrogens (tertiary/aromatic N) is 2. The predicted molar refractivity (Wildman–Crippen MR) is 189 cm³/mol. The largest absolute Gasteiger partial charge is 0.493 e. The summed E-state index contributed by atoms with van der Waals surface area (Å²) in [6.07, 6.45) is 23.1. The molecule has 43 heavy (non-hydrogen) atoms. The van der Waals surface area contributed by atoms with Crippen LogP contribution in [-0.2, 0) is 38.5 Å². The van der Waals surface area contributed by atoms with E-state index in [0.29, 0.717) is 0 Å². The standard InChI is InChI=1S/C41H62N2/c1-8-15-22-33-28-37(29-34(23-16-9-2)39(33)25-18-11-4)41-35(24-17-10-3)30-40(43(41)42)36-26-31(19-12-5)38(21-14-7)32(27-36)20-13-6/h26-30H,8-25H2,1-7H3. The number of benzene rings is 2. The molecular formula is C41H62N2. The van der Waals surface area contributed by atoms with Crippen LogP contribution in [0.25, 0.3) is 16.9 Å². The third-order valence-corrected chi connectivity index (χ3v) is 9.21. The topological polar surface area (TPSA) is 25.3 Å². The second-order valence-electron chi connectivity index (χ2n) is 12.9. The van der Waals surface area contributed by atoms with Gasteiger partial charge in [0.05, 0.1) is 0 Å². The average Bonchev–Trinajstić information content (AvgIpc) is 3.34. The number of hydrogen-bond donors (Lipinski definition) is 0. The van der Waals surface area contributed by atoms with Crippen LogP contribution < -0.4 is 0 Å². The van der Waals surface area contributed by atoms with E-state index in [0.717, 1.165) is 75.6 Å². The Morgan fingerprint density at radius 2 is 0.884 bits per heavy atom. The predicted octanol–water partition coefficient (Wildman–Crippen LogP) is 12.6. The lowest BCUT2D eigenvalue weighted by atomic mass is 9.87. The molecule has 3 rings (SSSR count). The number of aryl methyl sites for hydroxylation is 4.